The zero-order valence-corrected chi connectivity index (χ0v) is 25.7. The average molecular weight is 599 g/mol. The molecule has 2 heterocycles. The van der Waals surface area contributed by atoms with Crippen molar-refractivity contribution in [3.8, 4) is 50.6 Å². The summed E-state index contributed by atoms with van der Waals surface area (Å²) in [6.07, 6.45) is 1.89. The quantitative estimate of drug-likeness (QED) is 0.180. The zero-order chi connectivity index (χ0) is 31.2. The van der Waals surface area contributed by atoms with Gasteiger partial charge in [-0.2, -0.15) is 0 Å². The van der Waals surface area contributed by atoms with Crippen molar-refractivity contribution in [1.82, 2.24) is 9.55 Å². The van der Waals surface area contributed by atoms with E-state index in [1.807, 2.05) is 12.3 Å². The van der Waals surface area contributed by atoms with Gasteiger partial charge in [0.05, 0.1) is 17.1 Å². The molecule has 0 fully saturated rings. The van der Waals surface area contributed by atoms with Gasteiger partial charge in [0.2, 0.25) is 0 Å². The summed E-state index contributed by atoms with van der Waals surface area (Å²) in [6, 6.07) is 63.2. The van der Waals surface area contributed by atoms with E-state index in [0.717, 1.165) is 28.3 Å². The molecule has 0 N–H and O–H groups in total. The van der Waals surface area contributed by atoms with Gasteiger partial charge in [-0.05, 0) is 97.0 Å². The first-order valence-corrected chi connectivity index (χ1v) is 16.1. The van der Waals surface area contributed by atoms with Gasteiger partial charge < -0.3 is 4.57 Å². The molecule has 7 aromatic carbocycles. The van der Waals surface area contributed by atoms with Crippen molar-refractivity contribution in [2.75, 3.05) is 0 Å². The number of rotatable bonds is 5. The Labute approximate surface area is 273 Å². The minimum Gasteiger partial charge on any atom is -0.309 e. The lowest BCUT2D eigenvalue weighted by atomic mass is 9.86. The van der Waals surface area contributed by atoms with Crippen molar-refractivity contribution in [2.45, 2.75) is 0 Å². The fourth-order valence-corrected chi connectivity index (χ4v) is 7.13. The lowest BCUT2D eigenvalue weighted by Gasteiger charge is -2.20. The Morgan fingerprint density at radius 1 is 0.362 bits per heavy atom. The third kappa shape index (κ3) is 4.62. The molecule has 47 heavy (non-hydrogen) atoms. The maximum Gasteiger partial charge on any atom is 0.0714 e. The van der Waals surface area contributed by atoms with Gasteiger partial charge in [-0.3, -0.25) is 4.98 Å². The number of hydrogen-bond donors (Lipinski definition) is 0. The Bertz CT molecular complexity index is 2490. The van der Waals surface area contributed by atoms with Crippen LogP contribution in [0.4, 0.5) is 0 Å². The van der Waals surface area contributed by atoms with Gasteiger partial charge in [-0.15, -0.1) is 0 Å². The predicted octanol–water partition coefficient (Wildman–Crippen LogP) is 12.0. The Morgan fingerprint density at radius 2 is 0.957 bits per heavy atom. The molecule has 0 amide bonds. The van der Waals surface area contributed by atoms with E-state index >= 15 is 0 Å². The Morgan fingerprint density at radius 3 is 1.64 bits per heavy atom. The van der Waals surface area contributed by atoms with E-state index in [2.05, 4.69) is 174 Å². The van der Waals surface area contributed by atoms with E-state index in [1.54, 1.807) is 0 Å². The Kier molecular flexibility index (Phi) is 6.50. The van der Waals surface area contributed by atoms with E-state index < -0.39 is 0 Å². The smallest absolute Gasteiger partial charge is 0.0714 e. The molecular formula is C45H30N2. The summed E-state index contributed by atoms with van der Waals surface area (Å²) < 4.78 is 2.41. The van der Waals surface area contributed by atoms with Crippen molar-refractivity contribution in [3.63, 3.8) is 0 Å². The van der Waals surface area contributed by atoms with Crippen LogP contribution in [0.1, 0.15) is 0 Å². The molecule has 9 aromatic rings. The molecule has 0 radical (unpaired) electrons. The number of hydrogen-bond acceptors (Lipinski definition) is 1. The molecule has 0 aliphatic rings. The molecule has 0 saturated carbocycles. The molecule has 0 saturated heterocycles. The van der Waals surface area contributed by atoms with Crippen molar-refractivity contribution in [2.24, 2.45) is 0 Å². The SMILES string of the molecule is c1ccc(-c2ccc(-c3ccccc3)n2-c2ccc3c(-c4ccccn4)c4ccccc4c(-c4ccc5ccccc5c4)c3c2)cc1. The third-order valence-corrected chi connectivity index (χ3v) is 9.24. The number of benzene rings is 7. The first-order chi connectivity index (χ1) is 23.3. The minimum absolute atomic E-state index is 0.974. The maximum atomic E-state index is 4.87. The molecule has 0 unspecified atom stereocenters. The van der Waals surface area contributed by atoms with Gasteiger partial charge in [-0.25, -0.2) is 0 Å². The number of pyridine rings is 1. The van der Waals surface area contributed by atoms with Gasteiger partial charge in [0.25, 0.3) is 0 Å². The van der Waals surface area contributed by atoms with Crippen molar-refractivity contribution < 1.29 is 0 Å². The summed E-state index contributed by atoms with van der Waals surface area (Å²) in [5.74, 6) is 0. The summed E-state index contributed by atoms with van der Waals surface area (Å²) >= 11 is 0. The largest absolute Gasteiger partial charge is 0.309 e. The molecule has 2 nitrogen and oxygen atoms in total. The number of fused-ring (bicyclic) bond motifs is 3. The highest BCUT2D eigenvalue weighted by atomic mass is 15.0. The highest BCUT2D eigenvalue weighted by Crippen LogP contribution is 2.45. The van der Waals surface area contributed by atoms with Crippen molar-refractivity contribution >= 4 is 32.3 Å². The van der Waals surface area contributed by atoms with Gasteiger partial charge in [0, 0.05) is 17.4 Å². The lowest BCUT2D eigenvalue weighted by Crippen LogP contribution is -2.00. The van der Waals surface area contributed by atoms with E-state index in [0.29, 0.717) is 0 Å². The van der Waals surface area contributed by atoms with Crippen LogP contribution in [-0.4, -0.2) is 9.55 Å². The number of aromatic nitrogens is 2. The summed E-state index contributed by atoms with van der Waals surface area (Å²) in [5.41, 5.74) is 10.3. The molecule has 0 atom stereocenters. The van der Waals surface area contributed by atoms with Crippen LogP contribution in [0.3, 0.4) is 0 Å². The normalized spacial score (nSPS) is 11.4. The Balaban J connectivity index is 1.41. The second-order valence-electron chi connectivity index (χ2n) is 12.0. The van der Waals surface area contributed by atoms with Crippen LogP contribution in [0.15, 0.2) is 182 Å². The second kappa shape index (κ2) is 11.3. The first-order valence-electron chi connectivity index (χ1n) is 16.1. The van der Waals surface area contributed by atoms with E-state index in [1.165, 1.54) is 54.6 Å². The third-order valence-electron chi connectivity index (χ3n) is 9.24. The molecular weight excluding hydrogens is 569 g/mol. The minimum atomic E-state index is 0.974. The fourth-order valence-electron chi connectivity index (χ4n) is 7.13. The highest BCUT2D eigenvalue weighted by molar-refractivity contribution is 6.21. The van der Waals surface area contributed by atoms with E-state index in [9.17, 15) is 0 Å². The van der Waals surface area contributed by atoms with E-state index in [4.69, 9.17) is 4.98 Å². The lowest BCUT2D eigenvalue weighted by molar-refractivity contribution is 1.10. The van der Waals surface area contributed by atoms with Crippen molar-refractivity contribution in [3.05, 3.63) is 182 Å². The second-order valence-corrected chi connectivity index (χ2v) is 12.0. The standard InChI is InChI=1S/C45H30N2/c1-3-14-32(15-4-1)42-26-27-43(33-16-5-2-6-17-33)47(42)36-24-25-39-40(30-36)44(35-23-22-31-13-7-8-18-34(31)29-35)37-19-9-10-20-38(37)45(39)41-21-11-12-28-46-41/h1-30H. The van der Waals surface area contributed by atoms with Gasteiger partial charge >= 0.3 is 0 Å². The fraction of sp³-hybridized carbons (Fsp3) is 0. The van der Waals surface area contributed by atoms with Gasteiger partial charge in [0.15, 0.2) is 0 Å². The van der Waals surface area contributed by atoms with Crippen LogP contribution < -0.4 is 0 Å². The molecule has 220 valence electrons. The molecule has 0 spiro atoms. The average Bonchev–Trinajstić information content (AvgIpc) is 3.60. The molecule has 2 aromatic heterocycles. The Hall–Kier alpha value is -6.25. The van der Waals surface area contributed by atoms with Crippen LogP contribution in [0.2, 0.25) is 0 Å². The molecule has 2 heteroatoms. The van der Waals surface area contributed by atoms with Crippen LogP contribution >= 0.6 is 0 Å². The molecule has 0 bridgehead atoms. The molecule has 9 rings (SSSR count). The summed E-state index contributed by atoms with van der Waals surface area (Å²) in [5, 5.41) is 7.27. The summed E-state index contributed by atoms with van der Waals surface area (Å²) in [7, 11) is 0. The van der Waals surface area contributed by atoms with Crippen LogP contribution in [0.25, 0.3) is 82.9 Å². The van der Waals surface area contributed by atoms with Crippen LogP contribution in [-0.2, 0) is 0 Å². The van der Waals surface area contributed by atoms with Crippen LogP contribution in [0.5, 0.6) is 0 Å². The van der Waals surface area contributed by atoms with Crippen LogP contribution in [0, 0.1) is 0 Å². The summed E-state index contributed by atoms with van der Waals surface area (Å²) in [6.45, 7) is 0. The summed E-state index contributed by atoms with van der Waals surface area (Å²) in [4.78, 5) is 4.87. The topological polar surface area (TPSA) is 17.8 Å². The molecule has 0 aliphatic carbocycles. The van der Waals surface area contributed by atoms with Gasteiger partial charge in [-0.1, -0.05) is 133 Å². The van der Waals surface area contributed by atoms with Crippen molar-refractivity contribution in [1.29, 1.82) is 0 Å². The predicted molar refractivity (Wildman–Crippen MR) is 198 cm³/mol. The maximum absolute atomic E-state index is 4.87. The molecule has 0 aliphatic heterocycles. The zero-order valence-electron chi connectivity index (χ0n) is 25.7. The number of nitrogens with zero attached hydrogens (tertiary/aromatic N) is 2. The first kappa shape index (κ1) is 27.1. The monoisotopic (exact) mass is 598 g/mol. The van der Waals surface area contributed by atoms with E-state index in [-0.39, 0.29) is 0 Å². The highest BCUT2D eigenvalue weighted by Gasteiger charge is 2.20. The van der Waals surface area contributed by atoms with Gasteiger partial charge in [0.1, 0.15) is 0 Å².